The van der Waals surface area contributed by atoms with Gasteiger partial charge in [-0.05, 0) is 50.1 Å². The summed E-state index contributed by atoms with van der Waals surface area (Å²) in [5.74, 6) is 0.920. The Labute approximate surface area is 283 Å². The summed E-state index contributed by atoms with van der Waals surface area (Å²) < 4.78 is 5.08. The van der Waals surface area contributed by atoms with Crippen LogP contribution in [-0.4, -0.2) is 58.6 Å². The van der Waals surface area contributed by atoms with E-state index in [1.165, 1.54) is 23.4 Å². The third-order valence-electron chi connectivity index (χ3n) is 7.51. The zero-order chi connectivity index (χ0) is 36.3. The largest absolute Gasteiger partial charge is 0.383 e. The number of nitrogens with zero attached hydrogens (tertiary/aromatic N) is 9. The molecular formula is C32H36N14O4. The Morgan fingerprint density at radius 3 is 2.06 bits per heavy atom. The van der Waals surface area contributed by atoms with Crippen molar-refractivity contribution in [2.75, 3.05) is 11.5 Å². The van der Waals surface area contributed by atoms with Gasteiger partial charge in [0.1, 0.15) is 24.0 Å². The van der Waals surface area contributed by atoms with Gasteiger partial charge in [0.25, 0.3) is 11.1 Å². The third kappa shape index (κ3) is 7.28. The topological polar surface area (TPSA) is 260 Å². The molecule has 0 atom stereocenters. The molecule has 0 unspecified atom stereocenters. The molecule has 18 heteroatoms. The van der Waals surface area contributed by atoms with Gasteiger partial charge in [0.05, 0.1) is 40.1 Å². The molecule has 0 aliphatic heterocycles. The highest BCUT2D eigenvalue weighted by molar-refractivity contribution is 5.97. The van der Waals surface area contributed by atoms with Crippen LogP contribution in [0.3, 0.4) is 0 Å². The van der Waals surface area contributed by atoms with Gasteiger partial charge in [0, 0.05) is 39.7 Å². The molecule has 0 fully saturated rings. The van der Waals surface area contributed by atoms with Crippen LogP contribution >= 0.6 is 0 Å². The number of nitrogen functional groups attached to an aromatic ring is 2. The highest BCUT2D eigenvalue weighted by atomic mass is 16.2. The second-order valence-corrected chi connectivity index (χ2v) is 11.4. The lowest BCUT2D eigenvalue weighted by atomic mass is 10.1. The van der Waals surface area contributed by atoms with E-state index in [-0.39, 0.29) is 18.2 Å². The number of aromatic amines is 3. The number of fused-ring (bicyclic) bond motifs is 4. The first-order valence-corrected chi connectivity index (χ1v) is 14.9. The molecule has 0 amide bonds. The number of hydrogen-bond acceptors (Lipinski definition) is 12. The van der Waals surface area contributed by atoms with E-state index in [9.17, 15) is 19.2 Å². The van der Waals surface area contributed by atoms with E-state index in [1.807, 2.05) is 50.7 Å². The third-order valence-corrected chi connectivity index (χ3v) is 7.51. The number of imidazole rings is 2. The summed E-state index contributed by atoms with van der Waals surface area (Å²) in [5, 5.41) is 1.38. The van der Waals surface area contributed by atoms with E-state index in [2.05, 4.69) is 44.9 Å². The van der Waals surface area contributed by atoms with Crippen LogP contribution in [0.1, 0.15) is 18.1 Å². The number of aromatic nitrogens is 12. The van der Waals surface area contributed by atoms with Crippen molar-refractivity contribution >= 4 is 55.6 Å². The van der Waals surface area contributed by atoms with Gasteiger partial charge in [-0.1, -0.05) is 6.07 Å². The van der Waals surface area contributed by atoms with Crippen LogP contribution < -0.4 is 34.0 Å². The van der Waals surface area contributed by atoms with Crippen LogP contribution in [0.5, 0.6) is 0 Å². The monoisotopic (exact) mass is 682 g/mol. The molecule has 6 aromatic heterocycles. The van der Waals surface area contributed by atoms with E-state index in [0.29, 0.717) is 33.6 Å². The molecule has 0 bridgehead atoms. The summed E-state index contributed by atoms with van der Waals surface area (Å²) in [6.07, 6.45) is 7.84. The van der Waals surface area contributed by atoms with E-state index < -0.39 is 5.69 Å². The van der Waals surface area contributed by atoms with Gasteiger partial charge in [0.15, 0.2) is 11.5 Å². The van der Waals surface area contributed by atoms with Crippen LogP contribution in [-0.2, 0) is 21.1 Å². The van der Waals surface area contributed by atoms with Crippen molar-refractivity contribution in [3.63, 3.8) is 0 Å². The van der Waals surface area contributed by atoms with Gasteiger partial charge in [-0.25, -0.2) is 39.5 Å². The molecule has 0 aliphatic rings. The van der Waals surface area contributed by atoms with E-state index >= 15 is 0 Å². The summed E-state index contributed by atoms with van der Waals surface area (Å²) in [6, 6.07) is 7.57. The average Bonchev–Trinajstić information content (AvgIpc) is 3.63. The maximum absolute atomic E-state index is 11.4. The molecule has 50 heavy (non-hydrogen) atoms. The highest BCUT2D eigenvalue weighted by Crippen LogP contribution is 2.22. The van der Waals surface area contributed by atoms with Gasteiger partial charge in [-0.15, -0.1) is 0 Å². The SMILES string of the molecule is Cc1cc(C)c2[nH]c(=O)[nH]c(=O)c2c1.Cc1cn(C)c(=O)[nH]c1=O.Cn1cnc2c(N)ncnc21.Cn1cnc2cc3c(N)ncnc3cc21.[3HH]. The number of anilines is 2. The average molecular weight is 683 g/mol. The molecule has 0 aliphatic carbocycles. The smallest absolute Gasteiger partial charge is 0.328 e. The predicted molar refractivity (Wildman–Crippen MR) is 193 cm³/mol. The molecule has 258 valence electrons. The summed E-state index contributed by atoms with van der Waals surface area (Å²) in [6.45, 7) is 5.43. The quantitative estimate of drug-likeness (QED) is 0.152. The van der Waals surface area contributed by atoms with Gasteiger partial charge in [-0.3, -0.25) is 19.6 Å². The minimum Gasteiger partial charge on any atom is -0.383 e. The molecule has 8 rings (SSSR count). The number of nitrogens with one attached hydrogen (secondary N) is 3. The Hall–Kier alpha value is -6.98. The van der Waals surface area contributed by atoms with Crippen molar-refractivity contribution in [3.8, 4) is 0 Å². The van der Waals surface area contributed by atoms with E-state index in [1.54, 1.807) is 37.3 Å². The number of benzene rings is 2. The Morgan fingerprint density at radius 2 is 1.34 bits per heavy atom. The molecule has 6 heterocycles. The maximum Gasteiger partial charge on any atom is 0.328 e. The zero-order valence-electron chi connectivity index (χ0n) is 28.0. The van der Waals surface area contributed by atoms with Gasteiger partial charge in [0.2, 0.25) is 0 Å². The fourth-order valence-corrected chi connectivity index (χ4v) is 4.98. The number of aryl methyl sites for hydroxylation is 6. The lowest BCUT2D eigenvalue weighted by Crippen LogP contribution is -2.28. The minimum atomic E-state index is -0.463. The number of hydrogen-bond donors (Lipinski definition) is 5. The van der Waals surface area contributed by atoms with Crippen LogP contribution in [0.2, 0.25) is 0 Å². The summed E-state index contributed by atoms with van der Waals surface area (Å²) in [7, 11) is 5.40. The second-order valence-electron chi connectivity index (χ2n) is 11.4. The van der Waals surface area contributed by atoms with Gasteiger partial charge < -0.3 is 30.2 Å². The summed E-state index contributed by atoms with van der Waals surface area (Å²) in [4.78, 5) is 75.1. The van der Waals surface area contributed by atoms with Crippen LogP contribution in [0, 0.1) is 20.8 Å². The van der Waals surface area contributed by atoms with Crippen molar-refractivity contribution in [2.45, 2.75) is 20.8 Å². The number of H-pyrrole nitrogens is 3. The Morgan fingerprint density at radius 1 is 0.640 bits per heavy atom. The standard InChI is InChI=1S/C10H9N5.C10H10N2O2.C6H7N5.C6H8N2O2.H2/c1-15-5-14-8-2-6-7(3-9(8)15)12-4-13-10(6)11;1-5-3-6(2)8-7(4-5)9(13)12-10(14)11-8;1-11-3-10-4-5(7)8-2-9-6(4)11;1-4-3-8(2)6(10)7-5(4)9;/h2-5H,1H3,(H2,11,12,13);3-4H,1-2H3,(H2,11,12,13,14);2-3H,1H3,(H2,7,8,9);3H,1-2H3,(H,7,9,10);1H/i;;;;1+2. The molecule has 0 saturated carbocycles. The number of rotatable bonds is 0. The highest BCUT2D eigenvalue weighted by Gasteiger charge is 2.06. The molecule has 0 saturated heterocycles. The summed E-state index contributed by atoms with van der Waals surface area (Å²) >= 11 is 0. The Bertz CT molecular complexity index is 2730. The molecular weight excluding hydrogens is 644 g/mol. The lowest BCUT2D eigenvalue weighted by Gasteiger charge is -2.01. The first kappa shape index (κ1) is 34.4. The number of nitrogens with two attached hydrogens (primary N) is 2. The van der Waals surface area contributed by atoms with Crippen molar-refractivity contribution < 1.29 is 1.43 Å². The first-order valence-electron chi connectivity index (χ1n) is 14.9. The summed E-state index contributed by atoms with van der Waals surface area (Å²) in [5.41, 5.74) is 17.1. The van der Waals surface area contributed by atoms with Gasteiger partial charge >= 0.3 is 11.4 Å². The minimum absolute atomic E-state index is 0. The molecule has 0 spiro atoms. The van der Waals surface area contributed by atoms with Crippen molar-refractivity contribution in [1.82, 2.24) is 58.6 Å². The molecule has 2 aromatic carbocycles. The molecule has 0 radical (unpaired) electrons. The van der Waals surface area contributed by atoms with Crippen molar-refractivity contribution in [1.29, 1.82) is 0 Å². The van der Waals surface area contributed by atoms with Crippen LogP contribution in [0.15, 0.2) is 74.9 Å². The van der Waals surface area contributed by atoms with Crippen LogP contribution in [0.25, 0.3) is 44.0 Å². The second kappa shape index (κ2) is 14.0. The van der Waals surface area contributed by atoms with Crippen LogP contribution in [0.4, 0.5) is 11.6 Å². The zero-order valence-corrected chi connectivity index (χ0v) is 28.0. The maximum atomic E-state index is 11.4. The lowest BCUT2D eigenvalue weighted by molar-refractivity contribution is 0.789. The normalized spacial score (nSPS) is 10.7. The van der Waals surface area contributed by atoms with Crippen molar-refractivity contribution in [3.05, 3.63) is 114 Å². The fraction of sp³-hybridized carbons (Fsp3) is 0.188. The van der Waals surface area contributed by atoms with E-state index in [0.717, 1.165) is 38.7 Å². The predicted octanol–water partition coefficient (Wildman–Crippen LogP) is 1.51. The molecule has 8 aromatic rings. The van der Waals surface area contributed by atoms with E-state index in [4.69, 9.17) is 11.5 Å². The molecule has 7 N–H and O–H groups in total. The fourth-order valence-electron chi connectivity index (χ4n) is 4.98. The first-order chi connectivity index (χ1) is 23.7. The Balaban J connectivity index is 0.000000154. The molecule has 18 nitrogen and oxygen atoms in total. The van der Waals surface area contributed by atoms with Crippen molar-refractivity contribution in [2.24, 2.45) is 21.1 Å². The Kier molecular flexibility index (Phi) is 9.63. The van der Waals surface area contributed by atoms with Gasteiger partial charge in [-0.2, -0.15) is 0 Å².